The molecule has 1 atom stereocenters. The number of hydrogen-bond donors (Lipinski definition) is 1. The molecule has 162 valence electrons. The van der Waals surface area contributed by atoms with Crippen LogP contribution in [-0.2, 0) is 11.2 Å². The summed E-state index contributed by atoms with van der Waals surface area (Å²) < 4.78 is 2.79. The number of nitrogens with zero attached hydrogens (tertiary/aromatic N) is 4. The van der Waals surface area contributed by atoms with E-state index in [4.69, 9.17) is 0 Å². The van der Waals surface area contributed by atoms with E-state index in [1.165, 1.54) is 6.42 Å². The zero-order valence-corrected chi connectivity index (χ0v) is 20.0. The van der Waals surface area contributed by atoms with E-state index in [0.29, 0.717) is 18.3 Å². The first-order chi connectivity index (χ1) is 14.8. The fourth-order valence-corrected chi connectivity index (χ4v) is 4.49. The second-order valence-electron chi connectivity index (χ2n) is 8.48. The van der Waals surface area contributed by atoms with Crippen LogP contribution in [0.5, 0.6) is 0 Å². The molecule has 1 fully saturated rings. The van der Waals surface area contributed by atoms with Gasteiger partial charge in [-0.05, 0) is 70.2 Å². The van der Waals surface area contributed by atoms with Crippen molar-refractivity contribution in [2.45, 2.75) is 59.4 Å². The van der Waals surface area contributed by atoms with Crippen LogP contribution < -0.4 is 5.32 Å². The summed E-state index contributed by atoms with van der Waals surface area (Å²) in [6.07, 6.45) is 3.83. The maximum absolute atomic E-state index is 13.1. The van der Waals surface area contributed by atoms with Gasteiger partial charge in [0.1, 0.15) is 0 Å². The molecule has 1 N–H and O–H groups in total. The number of aromatic nitrogens is 4. The van der Waals surface area contributed by atoms with E-state index in [1.54, 1.807) is 4.68 Å². The van der Waals surface area contributed by atoms with Crippen molar-refractivity contribution >= 4 is 21.8 Å². The molecule has 0 saturated heterocycles. The molecule has 1 aromatic carbocycles. The molecule has 1 aliphatic rings. The van der Waals surface area contributed by atoms with Gasteiger partial charge in [0.25, 0.3) is 5.95 Å². The summed E-state index contributed by atoms with van der Waals surface area (Å²) in [6.45, 7) is 7.80. The van der Waals surface area contributed by atoms with Crippen LogP contribution in [0.4, 0.5) is 0 Å². The van der Waals surface area contributed by atoms with Crippen molar-refractivity contribution in [1.29, 1.82) is 0 Å². The highest BCUT2D eigenvalue weighted by atomic mass is 79.9. The number of carbonyl (C=O) groups excluding carboxylic acids is 1. The fraction of sp³-hybridized carbons (Fsp3) is 0.417. The van der Waals surface area contributed by atoms with Crippen LogP contribution >= 0.6 is 15.9 Å². The van der Waals surface area contributed by atoms with E-state index in [-0.39, 0.29) is 11.9 Å². The zero-order chi connectivity index (χ0) is 22.1. The molecule has 1 saturated carbocycles. The molecule has 31 heavy (non-hydrogen) atoms. The molecule has 0 spiro atoms. The fourth-order valence-electron chi connectivity index (χ4n) is 4.23. The summed E-state index contributed by atoms with van der Waals surface area (Å²) in [6, 6.07) is 10.3. The summed E-state index contributed by atoms with van der Waals surface area (Å²) in [5.74, 6) is 1.07. The number of benzene rings is 1. The van der Waals surface area contributed by atoms with Gasteiger partial charge in [-0.1, -0.05) is 34.5 Å². The van der Waals surface area contributed by atoms with E-state index in [0.717, 1.165) is 51.2 Å². The standard InChI is InChI=1S/C24H28BrN5O/c1-14-12-15(2)27-24(26-14)30-17(4)21(16(3)29-30)13-22(31)28-23(18-6-5-7-18)19-8-10-20(25)11-9-19/h8-12,18,23H,5-7,13H2,1-4H3,(H,28,31). The second-order valence-corrected chi connectivity index (χ2v) is 9.39. The highest BCUT2D eigenvalue weighted by molar-refractivity contribution is 9.10. The molecule has 7 heteroatoms. The Labute approximate surface area is 191 Å². The minimum atomic E-state index is 0.0203. The SMILES string of the molecule is Cc1cc(C)nc(-n2nc(C)c(CC(=O)NC(c3ccc(Br)cc3)C3CCC3)c2C)n1. The minimum absolute atomic E-state index is 0.0203. The molecule has 2 heterocycles. The van der Waals surface area contributed by atoms with Crippen LogP contribution in [0.15, 0.2) is 34.8 Å². The molecule has 2 aromatic heterocycles. The number of rotatable bonds is 6. The van der Waals surface area contributed by atoms with E-state index in [9.17, 15) is 4.79 Å². The van der Waals surface area contributed by atoms with Crippen molar-refractivity contribution in [3.05, 3.63) is 68.7 Å². The van der Waals surface area contributed by atoms with Crippen molar-refractivity contribution in [3.8, 4) is 5.95 Å². The molecule has 0 radical (unpaired) electrons. The molecule has 1 unspecified atom stereocenters. The Balaban J connectivity index is 1.55. The Morgan fingerprint density at radius 2 is 1.77 bits per heavy atom. The third-order valence-corrected chi connectivity index (χ3v) is 6.63. The predicted octanol–water partition coefficient (Wildman–Crippen LogP) is 4.86. The average Bonchev–Trinajstić information content (AvgIpc) is 2.94. The first-order valence-electron chi connectivity index (χ1n) is 10.7. The Hall–Kier alpha value is -2.54. The number of halogens is 1. The van der Waals surface area contributed by atoms with Gasteiger partial charge in [0.15, 0.2) is 0 Å². The largest absolute Gasteiger partial charge is 0.349 e. The van der Waals surface area contributed by atoms with Gasteiger partial charge in [-0.2, -0.15) is 5.10 Å². The molecule has 1 amide bonds. The van der Waals surface area contributed by atoms with Crippen LogP contribution in [-0.4, -0.2) is 25.7 Å². The van der Waals surface area contributed by atoms with Crippen LogP contribution in [0, 0.1) is 33.6 Å². The second kappa shape index (κ2) is 8.91. The van der Waals surface area contributed by atoms with Crippen LogP contribution in [0.25, 0.3) is 5.95 Å². The highest BCUT2D eigenvalue weighted by Crippen LogP contribution is 2.38. The maximum Gasteiger partial charge on any atom is 0.251 e. The van der Waals surface area contributed by atoms with E-state index in [1.807, 2.05) is 45.9 Å². The van der Waals surface area contributed by atoms with Gasteiger partial charge in [-0.25, -0.2) is 14.6 Å². The maximum atomic E-state index is 13.1. The summed E-state index contributed by atoms with van der Waals surface area (Å²) in [5, 5.41) is 7.93. The lowest BCUT2D eigenvalue weighted by molar-refractivity contribution is -0.121. The lowest BCUT2D eigenvalue weighted by atomic mass is 9.77. The number of carbonyl (C=O) groups is 1. The van der Waals surface area contributed by atoms with Gasteiger partial charge >= 0.3 is 0 Å². The Morgan fingerprint density at radius 3 is 2.35 bits per heavy atom. The van der Waals surface area contributed by atoms with Crippen molar-refractivity contribution in [2.24, 2.45) is 5.92 Å². The van der Waals surface area contributed by atoms with Gasteiger partial charge in [0.2, 0.25) is 5.91 Å². The van der Waals surface area contributed by atoms with Crippen LogP contribution in [0.2, 0.25) is 0 Å². The number of nitrogens with one attached hydrogen (secondary N) is 1. The van der Waals surface area contributed by atoms with Crippen LogP contribution in [0.1, 0.15) is 59.2 Å². The topological polar surface area (TPSA) is 72.7 Å². The number of amides is 1. The Morgan fingerprint density at radius 1 is 1.13 bits per heavy atom. The molecule has 0 bridgehead atoms. The van der Waals surface area contributed by atoms with E-state index >= 15 is 0 Å². The van der Waals surface area contributed by atoms with Gasteiger partial charge in [-0.15, -0.1) is 0 Å². The van der Waals surface area contributed by atoms with Gasteiger partial charge in [-0.3, -0.25) is 4.79 Å². The summed E-state index contributed by atoms with van der Waals surface area (Å²) in [5.41, 5.74) is 5.62. The molecule has 6 nitrogen and oxygen atoms in total. The minimum Gasteiger partial charge on any atom is -0.349 e. The monoisotopic (exact) mass is 481 g/mol. The normalized spacial score (nSPS) is 14.9. The summed E-state index contributed by atoms with van der Waals surface area (Å²) in [7, 11) is 0. The molecular weight excluding hydrogens is 454 g/mol. The smallest absolute Gasteiger partial charge is 0.251 e. The molecule has 1 aliphatic carbocycles. The van der Waals surface area contributed by atoms with E-state index < -0.39 is 0 Å². The van der Waals surface area contributed by atoms with Gasteiger partial charge in [0, 0.05) is 27.1 Å². The van der Waals surface area contributed by atoms with Crippen molar-refractivity contribution in [2.75, 3.05) is 0 Å². The first kappa shape index (κ1) is 21.7. The summed E-state index contributed by atoms with van der Waals surface area (Å²) >= 11 is 3.50. The first-order valence-corrected chi connectivity index (χ1v) is 11.5. The molecular formula is C24H28BrN5O. The molecule has 0 aliphatic heterocycles. The Bertz CT molecular complexity index is 1080. The predicted molar refractivity (Wildman–Crippen MR) is 124 cm³/mol. The Kier molecular flexibility index (Phi) is 6.23. The van der Waals surface area contributed by atoms with Crippen molar-refractivity contribution < 1.29 is 4.79 Å². The summed E-state index contributed by atoms with van der Waals surface area (Å²) in [4.78, 5) is 22.1. The van der Waals surface area contributed by atoms with Crippen LogP contribution in [0.3, 0.4) is 0 Å². The molecule has 4 rings (SSSR count). The zero-order valence-electron chi connectivity index (χ0n) is 18.4. The third kappa shape index (κ3) is 4.71. The number of aryl methyl sites for hydroxylation is 3. The number of hydrogen-bond acceptors (Lipinski definition) is 4. The van der Waals surface area contributed by atoms with Gasteiger partial charge in [0.05, 0.1) is 18.2 Å². The van der Waals surface area contributed by atoms with Crippen molar-refractivity contribution in [3.63, 3.8) is 0 Å². The highest BCUT2D eigenvalue weighted by Gasteiger charge is 2.30. The molecule has 3 aromatic rings. The lowest BCUT2D eigenvalue weighted by Gasteiger charge is -2.34. The van der Waals surface area contributed by atoms with E-state index in [2.05, 4.69) is 48.4 Å². The quantitative estimate of drug-likeness (QED) is 0.545. The van der Waals surface area contributed by atoms with Crippen molar-refractivity contribution in [1.82, 2.24) is 25.1 Å². The lowest BCUT2D eigenvalue weighted by Crippen LogP contribution is -2.37. The third-order valence-electron chi connectivity index (χ3n) is 6.11. The van der Waals surface area contributed by atoms with Gasteiger partial charge < -0.3 is 5.32 Å². The average molecular weight is 482 g/mol.